The molecule has 2 rings (SSSR count). The Labute approximate surface area is 147 Å². The van der Waals surface area contributed by atoms with Crippen LogP contribution in [-0.4, -0.2) is 27.5 Å². The Hall–Kier alpha value is -0.890. The lowest BCUT2D eigenvalue weighted by atomic mass is 10.3. The molecule has 0 fully saturated rings. The van der Waals surface area contributed by atoms with Gasteiger partial charge >= 0.3 is 0 Å². The summed E-state index contributed by atoms with van der Waals surface area (Å²) in [6.07, 6.45) is 0.924. The molecule has 0 saturated heterocycles. The molecule has 1 heterocycles. The molecule has 4 nitrogen and oxygen atoms in total. The van der Waals surface area contributed by atoms with Crippen molar-refractivity contribution in [2.45, 2.75) is 29.9 Å². The lowest BCUT2D eigenvalue weighted by Crippen LogP contribution is -2.31. The number of amides is 1. The molecule has 1 atom stereocenters. The van der Waals surface area contributed by atoms with Crippen molar-refractivity contribution >= 4 is 52.8 Å². The first kappa shape index (κ1) is 17.5. The lowest BCUT2D eigenvalue weighted by Gasteiger charge is -2.09. The van der Waals surface area contributed by atoms with Crippen LogP contribution in [0.3, 0.4) is 0 Å². The monoisotopic (exact) mass is 373 g/mol. The van der Waals surface area contributed by atoms with Gasteiger partial charge in [-0.15, -0.1) is 5.10 Å². The standard InChI is InChI=1S/C14H16ClN3OS3/c1-3-8-16-12(19)9(2)21-13-17-18(14(20)22-13)11-6-4-10(15)5-7-11/h4-7,9H,3,8H2,1-2H3,(H,16,19). The van der Waals surface area contributed by atoms with E-state index in [1.807, 2.05) is 26.0 Å². The van der Waals surface area contributed by atoms with Gasteiger partial charge in [-0.2, -0.15) is 0 Å². The van der Waals surface area contributed by atoms with Crippen LogP contribution in [0.2, 0.25) is 5.02 Å². The van der Waals surface area contributed by atoms with Crippen LogP contribution in [0.5, 0.6) is 0 Å². The maximum absolute atomic E-state index is 11.9. The van der Waals surface area contributed by atoms with Crippen molar-refractivity contribution in [3.8, 4) is 5.69 Å². The van der Waals surface area contributed by atoms with E-state index in [4.69, 9.17) is 23.8 Å². The summed E-state index contributed by atoms with van der Waals surface area (Å²) in [4.78, 5) is 11.9. The average Bonchev–Trinajstić information content (AvgIpc) is 2.86. The summed E-state index contributed by atoms with van der Waals surface area (Å²) in [7, 11) is 0. The fourth-order valence-electron chi connectivity index (χ4n) is 1.65. The number of hydrogen-bond donors (Lipinski definition) is 1. The number of carbonyl (C=O) groups excluding carboxylic acids is 1. The van der Waals surface area contributed by atoms with Crippen LogP contribution in [0.15, 0.2) is 28.6 Å². The highest BCUT2D eigenvalue weighted by Crippen LogP contribution is 2.28. The van der Waals surface area contributed by atoms with E-state index in [1.165, 1.54) is 23.1 Å². The SMILES string of the molecule is CCCNC(=O)C(C)Sc1nn(-c2ccc(Cl)cc2)c(=S)s1. The molecule has 0 aliphatic carbocycles. The minimum Gasteiger partial charge on any atom is -0.355 e. The van der Waals surface area contributed by atoms with E-state index in [1.54, 1.807) is 16.8 Å². The first-order valence-corrected chi connectivity index (χ1v) is 9.30. The van der Waals surface area contributed by atoms with E-state index in [9.17, 15) is 4.79 Å². The third-order valence-corrected chi connectivity index (χ3v) is 5.46. The smallest absolute Gasteiger partial charge is 0.233 e. The highest BCUT2D eigenvalue weighted by atomic mass is 35.5. The summed E-state index contributed by atoms with van der Waals surface area (Å²) < 4.78 is 3.11. The molecule has 1 unspecified atom stereocenters. The highest BCUT2D eigenvalue weighted by molar-refractivity contribution is 8.02. The molecule has 0 spiro atoms. The highest BCUT2D eigenvalue weighted by Gasteiger charge is 2.16. The summed E-state index contributed by atoms with van der Waals surface area (Å²) in [5.74, 6) is 0.0195. The lowest BCUT2D eigenvalue weighted by molar-refractivity contribution is -0.120. The molecule has 1 N–H and O–H groups in total. The Morgan fingerprint density at radius 2 is 2.18 bits per heavy atom. The van der Waals surface area contributed by atoms with Gasteiger partial charge in [-0.25, -0.2) is 4.68 Å². The van der Waals surface area contributed by atoms with Gasteiger partial charge in [-0.1, -0.05) is 41.6 Å². The summed E-state index contributed by atoms with van der Waals surface area (Å²) in [5.41, 5.74) is 0.862. The number of aromatic nitrogens is 2. The van der Waals surface area contributed by atoms with Crippen LogP contribution >= 0.6 is 46.9 Å². The normalized spacial score (nSPS) is 12.1. The van der Waals surface area contributed by atoms with Crippen LogP contribution < -0.4 is 5.32 Å². The first-order chi connectivity index (χ1) is 10.5. The molecule has 1 amide bonds. The number of thioether (sulfide) groups is 1. The van der Waals surface area contributed by atoms with Gasteiger partial charge in [0.2, 0.25) is 5.91 Å². The molecular formula is C14H16ClN3OS3. The molecule has 118 valence electrons. The zero-order valence-electron chi connectivity index (χ0n) is 12.2. The quantitative estimate of drug-likeness (QED) is 0.605. The molecule has 2 aromatic rings. The number of halogens is 1. The zero-order chi connectivity index (χ0) is 16.1. The van der Waals surface area contributed by atoms with Crippen LogP contribution in [0.4, 0.5) is 0 Å². The number of hydrogen-bond acceptors (Lipinski definition) is 5. The molecule has 1 aromatic heterocycles. The second-order valence-corrected chi connectivity index (χ2v) is 8.22. The maximum Gasteiger partial charge on any atom is 0.233 e. The number of benzene rings is 1. The summed E-state index contributed by atoms with van der Waals surface area (Å²) in [5, 5.41) is 7.83. The van der Waals surface area contributed by atoms with E-state index in [0.717, 1.165) is 16.4 Å². The number of rotatable bonds is 6. The predicted octanol–water partition coefficient (Wildman–Crippen LogP) is 4.32. The Balaban J connectivity index is 2.11. The molecule has 0 aliphatic heterocycles. The van der Waals surface area contributed by atoms with Gasteiger partial charge in [-0.3, -0.25) is 4.79 Å². The van der Waals surface area contributed by atoms with Crippen LogP contribution in [0, 0.1) is 3.95 Å². The molecule has 0 radical (unpaired) electrons. The predicted molar refractivity (Wildman–Crippen MR) is 95.9 cm³/mol. The van der Waals surface area contributed by atoms with Crippen molar-refractivity contribution in [1.29, 1.82) is 0 Å². The summed E-state index contributed by atoms with van der Waals surface area (Å²) in [6.45, 7) is 4.59. The summed E-state index contributed by atoms with van der Waals surface area (Å²) in [6, 6.07) is 7.32. The van der Waals surface area contributed by atoms with Crippen LogP contribution in [-0.2, 0) is 4.79 Å². The average molecular weight is 374 g/mol. The van der Waals surface area contributed by atoms with Crippen LogP contribution in [0.1, 0.15) is 20.3 Å². The van der Waals surface area contributed by atoms with Crippen LogP contribution in [0.25, 0.3) is 5.69 Å². The Morgan fingerprint density at radius 1 is 1.50 bits per heavy atom. The van der Waals surface area contributed by atoms with Gasteiger partial charge in [0.05, 0.1) is 10.9 Å². The maximum atomic E-state index is 11.9. The van der Waals surface area contributed by atoms with Gasteiger partial charge in [0, 0.05) is 11.6 Å². The van der Waals surface area contributed by atoms with Crippen molar-refractivity contribution in [3.05, 3.63) is 33.2 Å². The third kappa shape index (κ3) is 4.55. The molecule has 1 aromatic carbocycles. The Morgan fingerprint density at radius 3 is 2.82 bits per heavy atom. The topological polar surface area (TPSA) is 46.9 Å². The van der Waals surface area contributed by atoms with Crippen molar-refractivity contribution in [2.24, 2.45) is 0 Å². The number of carbonyl (C=O) groups is 1. The van der Waals surface area contributed by atoms with E-state index >= 15 is 0 Å². The molecular weight excluding hydrogens is 358 g/mol. The molecule has 22 heavy (non-hydrogen) atoms. The molecule has 0 bridgehead atoms. The van der Waals surface area contributed by atoms with E-state index in [2.05, 4.69) is 10.4 Å². The molecule has 0 saturated carbocycles. The first-order valence-electron chi connectivity index (χ1n) is 6.81. The minimum atomic E-state index is -0.203. The van der Waals surface area contributed by atoms with Gasteiger partial charge in [0.25, 0.3) is 0 Å². The van der Waals surface area contributed by atoms with E-state index in [-0.39, 0.29) is 11.2 Å². The second-order valence-electron chi connectivity index (χ2n) is 4.57. The van der Waals surface area contributed by atoms with E-state index < -0.39 is 0 Å². The van der Waals surface area contributed by atoms with Crippen molar-refractivity contribution < 1.29 is 4.79 Å². The van der Waals surface area contributed by atoms with E-state index in [0.29, 0.717) is 15.5 Å². The van der Waals surface area contributed by atoms with Gasteiger partial charge in [-0.05, 0) is 49.8 Å². The van der Waals surface area contributed by atoms with Gasteiger partial charge in [0.1, 0.15) is 0 Å². The zero-order valence-corrected chi connectivity index (χ0v) is 15.4. The van der Waals surface area contributed by atoms with Gasteiger partial charge < -0.3 is 5.32 Å². The number of nitrogens with zero attached hydrogens (tertiary/aromatic N) is 2. The summed E-state index contributed by atoms with van der Waals surface area (Å²) >= 11 is 14.1. The Kier molecular flexibility index (Phi) is 6.43. The van der Waals surface area contributed by atoms with Crippen molar-refractivity contribution in [1.82, 2.24) is 15.1 Å². The second kappa shape index (κ2) is 8.10. The van der Waals surface area contributed by atoms with Gasteiger partial charge in [0.15, 0.2) is 8.29 Å². The third-order valence-electron chi connectivity index (χ3n) is 2.80. The fourth-order valence-corrected chi connectivity index (χ4v) is 4.31. The number of nitrogens with one attached hydrogen (secondary N) is 1. The van der Waals surface area contributed by atoms with Crippen molar-refractivity contribution in [2.75, 3.05) is 6.54 Å². The largest absolute Gasteiger partial charge is 0.355 e. The molecule has 8 heteroatoms. The fraction of sp³-hybridized carbons (Fsp3) is 0.357. The molecule has 0 aliphatic rings. The Bertz CT molecular complexity index is 696. The van der Waals surface area contributed by atoms with Crippen molar-refractivity contribution in [3.63, 3.8) is 0 Å². The minimum absolute atomic E-state index is 0.0195.